The zero-order valence-corrected chi connectivity index (χ0v) is 10.8. The highest BCUT2D eigenvalue weighted by Crippen LogP contribution is 2.25. The molecule has 86 valence electrons. The Bertz CT molecular complexity index is 422. The second-order valence-electron chi connectivity index (χ2n) is 3.64. The molecule has 0 fully saturated rings. The molecular formula is C11H15N3S2. The number of nitrogens with one attached hydrogen (secondary N) is 1. The van der Waals surface area contributed by atoms with E-state index < -0.39 is 0 Å². The van der Waals surface area contributed by atoms with Gasteiger partial charge < -0.3 is 0 Å². The monoisotopic (exact) mass is 253 g/mol. The molecule has 1 unspecified atom stereocenters. The molecule has 3 nitrogen and oxygen atoms in total. The molecule has 0 aliphatic carbocycles. The highest BCUT2D eigenvalue weighted by molar-refractivity contribution is 7.10. The molecule has 5 heteroatoms. The fourth-order valence-electron chi connectivity index (χ4n) is 1.68. The topological polar surface area (TPSA) is 50.9 Å². The summed E-state index contributed by atoms with van der Waals surface area (Å²) in [5.41, 5.74) is 5.84. The van der Waals surface area contributed by atoms with E-state index in [1.54, 1.807) is 22.7 Å². The Morgan fingerprint density at radius 2 is 2.38 bits per heavy atom. The number of nitrogens with two attached hydrogens (primary N) is 1. The lowest BCUT2D eigenvalue weighted by molar-refractivity contribution is 0.523. The van der Waals surface area contributed by atoms with Gasteiger partial charge in [-0.2, -0.15) is 0 Å². The molecule has 0 saturated carbocycles. The van der Waals surface area contributed by atoms with Crippen molar-refractivity contribution in [2.75, 3.05) is 0 Å². The van der Waals surface area contributed by atoms with Crippen LogP contribution < -0.4 is 11.3 Å². The minimum absolute atomic E-state index is 0.217. The molecule has 16 heavy (non-hydrogen) atoms. The van der Waals surface area contributed by atoms with Crippen molar-refractivity contribution in [3.8, 4) is 0 Å². The number of thiazole rings is 1. The number of hydrogen-bond donors (Lipinski definition) is 2. The summed E-state index contributed by atoms with van der Waals surface area (Å²) < 4.78 is 0. The lowest BCUT2D eigenvalue weighted by Crippen LogP contribution is -2.28. The van der Waals surface area contributed by atoms with Crippen molar-refractivity contribution in [1.29, 1.82) is 0 Å². The summed E-state index contributed by atoms with van der Waals surface area (Å²) in [6.45, 7) is 2.03. The van der Waals surface area contributed by atoms with Crippen LogP contribution in [0.15, 0.2) is 23.0 Å². The Balaban J connectivity index is 1.99. The predicted molar refractivity (Wildman–Crippen MR) is 69.6 cm³/mol. The lowest BCUT2D eigenvalue weighted by Gasteiger charge is -2.14. The van der Waals surface area contributed by atoms with E-state index in [2.05, 4.69) is 27.9 Å². The van der Waals surface area contributed by atoms with Crippen LogP contribution in [0.25, 0.3) is 0 Å². The van der Waals surface area contributed by atoms with Crippen LogP contribution in [0.3, 0.4) is 0 Å². The molecule has 0 spiro atoms. The van der Waals surface area contributed by atoms with Crippen molar-refractivity contribution in [3.63, 3.8) is 0 Å². The minimum atomic E-state index is 0.217. The molecule has 0 amide bonds. The first-order chi connectivity index (χ1) is 7.81. The van der Waals surface area contributed by atoms with Crippen LogP contribution in [-0.4, -0.2) is 4.98 Å². The normalized spacial score (nSPS) is 12.9. The number of rotatable bonds is 5. The summed E-state index contributed by atoms with van der Waals surface area (Å²) >= 11 is 3.47. The summed E-state index contributed by atoms with van der Waals surface area (Å²) in [6, 6.07) is 4.47. The smallest absolute Gasteiger partial charge is 0.0798 e. The van der Waals surface area contributed by atoms with Crippen LogP contribution in [0.5, 0.6) is 0 Å². The highest BCUT2D eigenvalue weighted by Gasteiger charge is 2.14. The standard InChI is InChI=1S/C11H15N3S2/c1-8-11(16-7-13-8)10(14-12)5-4-9-3-2-6-15-9/h2-3,6-7,10,14H,4-5,12H2,1H3. The lowest BCUT2D eigenvalue weighted by atomic mass is 10.1. The Labute approximate surface area is 103 Å². The maximum absolute atomic E-state index is 5.60. The molecular weight excluding hydrogens is 238 g/mol. The van der Waals surface area contributed by atoms with Crippen LogP contribution in [0, 0.1) is 6.92 Å². The Kier molecular flexibility index (Phi) is 4.06. The quantitative estimate of drug-likeness (QED) is 0.636. The first kappa shape index (κ1) is 11.7. The number of hydrazine groups is 1. The van der Waals surface area contributed by atoms with Gasteiger partial charge in [0.2, 0.25) is 0 Å². The molecule has 3 N–H and O–H groups in total. The van der Waals surface area contributed by atoms with Gasteiger partial charge in [0.1, 0.15) is 0 Å². The van der Waals surface area contributed by atoms with Gasteiger partial charge in [0, 0.05) is 9.75 Å². The molecule has 2 heterocycles. The second kappa shape index (κ2) is 5.54. The van der Waals surface area contributed by atoms with Gasteiger partial charge in [-0.15, -0.1) is 22.7 Å². The van der Waals surface area contributed by atoms with E-state index in [1.807, 2.05) is 12.4 Å². The molecule has 2 aromatic rings. The summed E-state index contributed by atoms with van der Waals surface area (Å²) in [7, 11) is 0. The highest BCUT2D eigenvalue weighted by atomic mass is 32.1. The third-order valence-corrected chi connectivity index (χ3v) is 4.54. The Morgan fingerprint density at radius 1 is 1.50 bits per heavy atom. The van der Waals surface area contributed by atoms with E-state index in [0.717, 1.165) is 18.5 Å². The van der Waals surface area contributed by atoms with Gasteiger partial charge in [0.05, 0.1) is 17.2 Å². The summed E-state index contributed by atoms with van der Waals surface area (Å²) in [4.78, 5) is 6.91. The fourth-order valence-corrected chi connectivity index (χ4v) is 3.30. The molecule has 0 radical (unpaired) electrons. The van der Waals surface area contributed by atoms with E-state index in [4.69, 9.17) is 5.84 Å². The first-order valence-corrected chi connectivity index (χ1v) is 6.95. The van der Waals surface area contributed by atoms with Gasteiger partial charge in [-0.3, -0.25) is 11.3 Å². The van der Waals surface area contributed by atoms with Crippen LogP contribution >= 0.6 is 22.7 Å². The molecule has 0 bridgehead atoms. The van der Waals surface area contributed by atoms with Crippen molar-refractivity contribution >= 4 is 22.7 Å². The molecule has 0 saturated heterocycles. The minimum Gasteiger partial charge on any atom is -0.271 e. The van der Waals surface area contributed by atoms with Gasteiger partial charge in [0.25, 0.3) is 0 Å². The van der Waals surface area contributed by atoms with Gasteiger partial charge in [-0.05, 0) is 31.2 Å². The number of nitrogens with zero attached hydrogens (tertiary/aromatic N) is 1. The maximum Gasteiger partial charge on any atom is 0.0798 e. The van der Waals surface area contributed by atoms with E-state index in [1.165, 1.54) is 9.75 Å². The number of aryl methyl sites for hydroxylation is 2. The molecule has 2 rings (SSSR count). The zero-order chi connectivity index (χ0) is 11.4. The largest absolute Gasteiger partial charge is 0.271 e. The van der Waals surface area contributed by atoms with Crippen molar-refractivity contribution in [2.24, 2.45) is 5.84 Å². The number of aromatic nitrogens is 1. The second-order valence-corrected chi connectivity index (χ2v) is 5.56. The predicted octanol–water partition coefficient (Wildman–Crippen LogP) is 2.65. The van der Waals surface area contributed by atoms with Crippen molar-refractivity contribution in [1.82, 2.24) is 10.4 Å². The average Bonchev–Trinajstić information content (AvgIpc) is 2.92. The molecule has 0 aliphatic heterocycles. The molecule has 1 atom stereocenters. The van der Waals surface area contributed by atoms with E-state index in [-0.39, 0.29) is 6.04 Å². The third-order valence-electron chi connectivity index (χ3n) is 2.56. The maximum atomic E-state index is 5.60. The zero-order valence-electron chi connectivity index (χ0n) is 9.14. The van der Waals surface area contributed by atoms with Crippen molar-refractivity contribution < 1.29 is 0 Å². The first-order valence-electron chi connectivity index (χ1n) is 5.19. The van der Waals surface area contributed by atoms with E-state index in [9.17, 15) is 0 Å². The van der Waals surface area contributed by atoms with Gasteiger partial charge in [-0.1, -0.05) is 6.07 Å². The van der Waals surface area contributed by atoms with Gasteiger partial charge in [-0.25, -0.2) is 4.98 Å². The van der Waals surface area contributed by atoms with Crippen LogP contribution in [0.1, 0.15) is 27.9 Å². The van der Waals surface area contributed by atoms with E-state index in [0.29, 0.717) is 0 Å². The average molecular weight is 253 g/mol. The van der Waals surface area contributed by atoms with Crippen LogP contribution in [0.4, 0.5) is 0 Å². The molecule has 0 aliphatic rings. The van der Waals surface area contributed by atoms with Crippen molar-refractivity contribution in [3.05, 3.63) is 38.5 Å². The van der Waals surface area contributed by atoms with Gasteiger partial charge in [0.15, 0.2) is 0 Å². The molecule has 0 aromatic carbocycles. The summed E-state index contributed by atoms with van der Waals surface area (Å²) in [5.74, 6) is 5.60. The number of hydrogen-bond acceptors (Lipinski definition) is 5. The van der Waals surface area contributed by atoms with Crippen molar-refractivity contribution in [2.45, 2.75) is 25.8 Å². The Morgan fingerprint density at radius 3 is 2.94 bits per heavy atom. The van der Waals surface area contributed by atoms with Crippen LogP contribution in [-0.2, 0) is 6.42 Å². The van der Waals surface area contributed by atoms with Crippen LogP contribution in [0.2, 0.25) is 0 Å². The van der Waals surface area contributed by atoms with Gasteiger partial charge >= 0.3 is 0 Å². The van der Waals surface area contributed by atoms with E-state index >= 15 is 0 Å². The SMILES string of the molecule is Cc1ncsc1C(CCc1cccs1)NN. The number of thiophene rings is 1. The summed E-state index contributed by atoms with van der Waals surface area (Å²) in [5, 5.41) is 2.11. The summed E-state index contributed by atoms with van der Waals surface area (Å²) in [6.07, 6.45) is 2.07. The molecule has 2 aromatic heterocycles. The third kappa shape index (κ3) is 2.68. The Hall–Kier alpha value is -0.750. The fraction of sp³-hybridized carbons (Fsp3) is 0.364.